The second-order valence-electron chi connectivity index (χ2n) is 4.27. The molecule has 0 amide bonds. The molecule has 0 radical (unpaired) electrons. The second-order valence-corrected chi connectivity index (χ2v) is 5.12. The summed E-state index contributed by atoms with van der Waals surface area (Å²) in [5.74, 6) is 0. The van der Waals surface area contributed by atoms with Gasteiger partial charge in [0.15, 0.2) is 0 Å². The standard InChI is InChI=1S/C14H9BrO/c15-11-7-10-12-5-6-13(16-12)14(10)9-4-2-1-3-8(9)11/h1-7,12-13H. The molecule has 0 aliphatic carbocycles. The summed E-state index contributed by atoms with van der Waals surface area (Å²) in [6.07, 6.45) is 4.64. The molecule has 2 aromatic rings. The van der Waals surface area contributed by atoms with Gasteiger partial charge < -0.3 is 4.74 Å². The first-order valence-corrected chi connectivity index (χ1v) is 6.19. The second kappa shape index (κ2) is 2.96. The molecule has 2 aromatic carbocycles. The third-order valence-corrected chi connectivity index (χ3v) is 4.07. The molecule has 78 valence electrons. The maximum Gasteiger partial charge on any atom is 0.103 e. The lowest BCUT2D eigenvalue weighted by atomic mass is 9.91. The molecule has 0 saturated carbocycles. The van der Waals surface area contributed by atoms with E-state index < -0.39 is 0 Å². The lowest BCUT2D eigenvalue weighted by Gasteiger charge is -2.12. The van der Waals surface area contributed by atoms with Crippen LogP contribution in [0.3, 0.4) is 0 Å². The van der Waals surface area contributed by atoms with Crippen molar-refractivity contribution in [3.05, 3.63) is 58.1 Å². The molecule has 2 bridgehead atoms. The van der Waals surface area contributed by atoms with Crippen LogP contribution in [0.5, 0.6) is 0 Å². The largest absolute Gasteiger partial charge is 0.357 e. The summed E-state index contributed by atoms with van der Waals surface area (Å²) in [7, 11) is 0. The average molecular weight is 273 g/mol. The van der Waals surface area contributed by atoms with Crippen LogP contribution in [0, 0.1) is 0 Å². The Labute approximate surface area is 102 Å². The Hall–Kier alpha value is -1.12. The number of ether oxygens (including phenoxy) is 1. The van der Waals surface area contributed by atoms with Crippen molar-refractivity contribution in [1.29, 1.82) is 0 Å². The molecule has 2 heteroatoms. The van der Waals surface area contributed by atoms with Gasteiger partial charge >= 0.3 is 0 Å². The smallest absolute Gasteiger partial charge is 0.103 e. The average Bonchev–Trinajstić information content (AvgIpc) is 2.90. The van der Waals surface area contributed by atoms with Gasteiger partial charge in [-0.3, -0.25) is 0 Å². The van der Waals surface area contributed by atoms with Crippen LogP contribution < -0.4 is 0 Å². The van der Waals surface area contributed by atoms with Crippen molar-refractivity contribution >= 4 is 26.7 Å². The van der Waals surface area contributed by atoms with Crippen molar-refractivity contribution in [3.8, 4) is 0 Å². The van der Waals surface area contributed by atoms with E-state index in [9.17, 15) is 0 Å². The molecule has 0 aromatic heterocycles. The molecular weight excluding hydrogens is 264 g/mol. The van der Waals surface area contributed by atoms with Crippen molar-refractivity contribution in [2.24, 2.45) is 0 Å². The summed E-state index contributed by atoms with van der Waals surface area (Å²) in [6.45, 7) is 0. The summed E-state index contributed by atoms with van der Waals surface area (Å²) < 4.78 is 7.03. The summed E-state index contributed by atoms with van der Waals surface area (Å²) >= 11 is 3.64. The molecule has 2 atom stereocenters. The normalized spacial score (nSPS) is 25.3. The molecule has 0 saturated heterocycles. The van der Waals surface area contributed by atoms with Gasteiger partial charge in [0.2, 0.25) is 0 Å². The van der Waals surface area contributed by atoms with Gasteiger partial charge in [0.05, 0.1) is 0 Å². The number of benzene rings is 2. The fraction of sp³-hybridized carbons (Fsp3) is 0.143. The van der Waals surface area contributed by atoms with Crippen LogP contribution in [0.25, 0.3) is 10.8 Å². The molecule has 1 nitrogen and oxygen atoms in total. The van der Waals surface area contributed by atoms with Gasteiger partial charge in [-0.25, -0.2) is 0 Å². The SMILES string of the molecule is Brc1cc2c(c3ccccc13)C1C=CC2O1. The third kappa shape index (κ3) is 0.989. The van der Waals surface area contributed by atoms with Crippen LogP contribution in [0.1, 0.15) is 23.3 Å². The van der Waals surface area contributed by atoms with Crippen molar-refractivity contribution in [3.63, 3.8) is 0 Å². The minimum Gasteiger partial charge on any atom is -0.357 e. The van der Waals surface area contributed by atoms with Crippen LogP contribution in [0.4, 0.5) is 0 Å². The Kier molecular flexibility index (Phi) is 1.66. The number of halogens is 1. The van der Waals surface area contributed by atoms with Crippen molar-refractivity contribution in [2.45, 2.75) is 12.2 Å². The van der Waals surface area contributed by atoms with E-state index in [4.69, 9.17) is 4.74 Å². The number of rotatable bonds is 0. The predicted octanol–water partition coefficient (Wildman–Crippen LogP) is 4.28. The zero-order valence-electron chi connectivity index (χ0n) is 8.48. The zero-order valence-corrected chi connectivity index (χ0v) is 10.1. The predicted molar refractivity (Wildman–Crippen MR) is 67.4 cm³/mol. The molecule has 2 aliphatic rings. The van der Waals surface area contributed by atoms with E-state index in [-0.39, 0.29) is 12.2 Å². The van der Waals surface area contributed by atoms with Crippen LogP contribution >= 0.6 is 15.9 Å². The van der Waals surface area contributed by atoms with Gasteiger partial charge in [0.1, 0.15) is 12.2 Å². The lowest BCUT2D eigenvalue weighted by Crippen LogP contribution is -1.94. The minimum absolute atomic E-state index is 0.165. The molecule has 0 fully saturated rings. The summed E-state index contributed by atoms with van der Waals surface area (Å²) in [5.41, 5.74) is 2.67. The Morgan fingerprint density at radius 1 is 1.00 bits per heavy atom. The highest BCUT2D eigenvalue weighted by molar-refractivity contribution is 9.10. The zero-order chi connectivity index (χ0) is 10.7. The number of hydrogen-bond acceptors (Lipinski definition) is 1. The molecule has 2 aliphatic heterocycles. The van der Waals surface area contributed by atoms with Crippen LogP contribution in [-0.4, -0.2) is 0 Å². The Bertz CT molecular complexity index is 630. The van der Waals surface area contributed by atoms with E-state index in [0.29, 0.717) is 0 Å². The summed E-state index contributed by atoms with van der Waals surface area (Å²) in [6, 6.07) is 10.7. The fourth-order valence-electron chi connectivity index (χ4n) is 2.72. The van der Waals surface area contributed by atoms with Gasteiger partial charge in [0.25, 0.3) is 0 Å². The topological polar surface area (TPSA) is 9.23 Å². The quantitative estimate of drug-likeness (QED) is 0.651. The van der Waals surface area contributed by atoms with Gasteiger partial charge in [-0.15, -0.1) is 0 Å². The molecule has 4 rings (SSSR count). The molecule has 2 unspecified atom stereocenters. The van der Waals surface area contributed by atoms with E-state index in [1.165, 1.54) is 21.9 Å². The van der Waals surface area contributed by atoms with Gasteiger partial charge in [0, 0.05) is 4.47 Å². The first-order chi connectivity index (χ1) is 7.84. The third-order valence-electron chi connectivity index (χ3n) is 3.41. The molecule has 16 heavy (non-hydrogen) atoms. The fourth-order valence-corrected chi connectivity index (χ4v) is 3.31. The van der Waals surface area contributed by atoms with Crippen LogP contribution in [0.15, 0.2) is 47.0 Å². The Morgan fingerprint density at radius 2 is 1.75 bits per heavy atom. The van der Waals surface area contributed by atoms with Crippen molar-refractivity contribution in [2.75, 3.05) is 0 Å². The molecule has 2 heterocycles. The maximum atomic E-state index is 5.87. The number of fused-ring (bicyclic) bond motifs is 7. The van der Waals surface area contributed by atoms with E-state index in [2.05, 4.69) is 58.4 Å². The highest BCUT2D eigenvalue weighted by Gasteiger charge is 2.35. The molecular formula is C14H9BrO. The first kappa shape index (κ1) is 8.97. The highest BCUT2D eigenvalue weighted by atomic mass is 79.9. The molecule has 0 spiro atoms. The van der Waals surface area contributed by atoms with Crippen molar-refractivity contribution in [1.82, 2.24) is 0 Å². The van der Waals surface area contributed by atoms with Gasteiger partial charge in [-0.05, 0) is 28.0 Å². The van der Waals surface area contributed by atoms with E-state index in [1.54, 1.807) is 0 Å². The summed E-state index contributed by atoms with van der Waals surface area (Å²) in [4.78, 5) is 0. The van der Waals surface area contributed by atoms with E-state index in [0.717, 1.165) is 4.47 Å². The summed E-state index contributed by atoms with van der Waals surface area (Å²) in [5, 5.41) is 2.58. The lowest BCUT2D eigenvalue weighted by molar-refractivity contribution is 0.0883. The highest BCUT2D eigenvalue weighted by Crippen LogP contribution is 2.49. The van der Waals surface area contributed by atoms with Crippen molar-refractivity contribution < 1.29 is 4.74 Å². The Balaban J connectivity index is 2.18. The minimum atomic E-state index is 0.165. The molecule has 0 N–H and O–H groups in total. The van der Waals surface area contributed by atoms with Gasteiger partial charge in [-0.2, -0.15) is 0 Å². The van der Waals surface area contributed by atoms with E-state index >= 15 is 0 Å². The Morgan fingerprint density at radius 3 is 2.62 bits per heavy atom. The van der Waals surface area contributed by atoms with Gasteiger partial charge in [-0.1, -0.05) is 52.3 Å². The monoisotopic (exact) mass is 272 g/mol. The maximum absolute atomic E-state index is 5.87. The van der Waals surface area contributed by atoms with E-state index in [1.807, 2.05) is 0 Å². The number of hydrogen-bond donors (Lipinski definition) is 0. The van der Waals surface area contributed by atoms with Crippen LogP contribution in [0.2, 0.25) is 0 Å². The first-order valence-electron chi connectivity index (χ1n) is 5.39. The van der Waals surface area contributed by atoms with Crippen LogP contribution in [-0.2, 0) is 4.74 Å².